The molecule has 21 heavy (non-hydrogen) atoms. The van der Waals surface area contributed by atoms with Gasteiger partial charge in [0.25, 0.3) is 0 Å². The highest BCUT2D eigenvalue weighted by Gasteiger charge is 2.14. The molecule has 0 aliphatic rings. The molecular formula is C17H21NO2S. The Balaban J connectivity index is 2.42. The average Bonchev–Trinajstić information content (AvgIpc) is 2.45. The molecule has 2 aromatic carbocycles. The van der Waals surface area contributed by atoms with Crippen molar-refractivity contribution in [3.63, 3.8) is 0 Å². The van der Waals surface area contributed by atoms with Crippen LogP contribution in [0.25, 0.3) is 10.8 Å². The zero-order valence-corrected chi connectivity index (χ0v) is 13.3. The van der Waals surface area contributed by atoms with Gasteiger partial charge in [0, 0.05) is 12.1 Å². The molecule has 0 fully saturated rings. The van der Waals surface area contributed by atoms with Crippen LogP contribution >= 0.6 is 0 Å². The minimum absolute atomic E-state index is 0.203. The van der Waals surface area contributed by atoms with Gasteiger partial charge in [0.15, 0.2) is 0 Å². The molecule has 112 valence electrons. The van der Waals surface area contributed by atoms with E-state index in [0.29, 0.717) is 17.9 Å². The number of phenols is 1. The Bertz CT molecular complexity index is 638. The molecule has 3 nitrogen and oxygen atoms in total. The van der Waals surface area contributed by atoms with Crippen LogP contribution in [0.5, 0.6) is 5.75 Å². The topological polar surface area (TPSA) is 55.7 Å². The number of hydrogen-bond donors (Lipinski definition) is 1. The Morgan fingerprint density at radius 2 is 1.90 bits per heavy atom. The number of hydrogen-bond acceptors (Lipinski definition) is 3. The molecule has 1 unspecified atom stereocenters. The van der Waals surface area contributed by atoms with Crippen molar-refractivity contribution in [2.75, 3.05) is 18.6 Å². The first-order valence-electron chi connectivity index (χ1n) is 7.17. The molecule has 0 aromatic heterocycles. The fourth-order valence-corrected chi connectivity index (χ4v) is 2.86. The number of benzene rings is 2. The van der Waals surface area contributed by atoms with Gasteiger partial charge < -0.3 is 9.66 Å². The minimum Gasteiger partial charge on any atom is -0.616 e. The maximum absolute atomic E-state index is 11.6. The molecule has 0 saturated heterocycles. The van der Waals surface area contributed by atoms with Crippen LogP contribution in [-0.4, -0.2) is 33.9 Å². The van der Waals surface area contributed by atoms with Crippen LogP contribution in [0.3, 0.4) is 0 Å². The normalized spacial score (nSPS) is 13.6. The number of unbranched alkanes of at least 4 members (excludes halogenated alkanes) is 1. The van der Waals surface area contributed by atoms with Gasteiger partial charge in [-0.25, -0.2) is 0 Å². The van der Waals surface area contributed by atoms with E-state index in [-0.39, 0.29) is 5.75 Å². The molecule has 0 saturated carbocycles. The summed E-state index contributed by atoms with van der Waals surface area (Å²) in [5.74, 6) is 0.574. The monoisotopic (exact) mass is 303 g/mol. The second kappa shape index (κ2) is 7.48. The van der Waals surface area contributed by atoms with Gasteiger partial charge in [-0.1, -0.05) is 48.8 Å². The third-order valence-corrected chi connectivity index (χ3v) is 4.01. The zero-order chi connectivity index (χ0) is 15.2. The third-order valence-electron chi connectivity index (χ3n) is 3.33. The van der Waals surface area contributed by atoms with Crippen LogP contribution in [0.4, 0.5) is 0 Å². The van der Waals surface area contributed by atoms with Crippen molar-refractivity contribution < 1.29 is 9.66 Å². The summed E-state index contributed by atoms with van der Waals surface area (Å²) in [6.45, 7) is 2.82. The highest BCUT2D eigenvalue weighted by Crippen LogP contribution is 2.26. The number of aliphatic imine (C=N–C) groups is 1. The smallest absolute Gasteiger partial charge is 0.147 e. The molecule has 0 aliphatic carbocycles. The highest BCUT2D eigenvalue weighted by atomic mass is 32.2. The van der Waals surface area contributed by atoms with E-state index >= 15 is 0 Å². The molecule has 1 N–H and O–H groups in total. The van der Waals surface area contributed by atoms with Crippen LogP contribution in [0.2, 0.25) is 0 Å². The average molecular weight is 303 g/mol. The summed E-state index contributed by atoms with van der Waals surface area (Å²) < 4.78 is 11.6. The molecule has 0 aliphatic heterocycles. The quantitative estimate of drug-likeness (QED) is 0.504. The van der Waals surface area contributed by atoms with Gasteiger partial charge in [-0.15, -0.1) is 0 Å². The zero-order valence-electron chi connectivity index (χ0n) is 12.5. The van der Waals surface area contributed by atoms with Crippen LogP contribution in [-0.2, 0) is 11.2 Å². The second-order valence-electron chi connectivity index (χ2n) is 5.12. The standard InChI is InChI=1S/C17H21NO2S/c1-3-4-9-18-16(12-21(2)20)15-10-13-7-5-6-8-14(13)11-17(15)19/h5-8,10-11,19H,3-4,9,12H2,1-2H3. The summed E-state index contributed by atoms with van der Waals surface area (Å²) in [6.07, 6.45) is 3.72. The number of phenolic OH excluding ortho intramolecular Hbond substituents is 1. The molecule has 0 radical (unpaired) electrons. The van der Waals surface area contributed by atoms with Crippen molar-refractivity contribution >= 4 is 27.7 Å². The van der Waals surface area contributed by atoms with E-state index in [9.17, 15) is 9.66 Å². The van der Waals surface area contributed by atoms with Crippen LogP contribution < -0.4 is 0 Å². The summed E-state index contributed by atoms with van der Waals surface area (Å²) in [5.41, 5.74) is 1.42. The summed E-state index contributed by atoms with van der Waals surface area (Å²) in [6, 6.07) is 11.6. The van der Waals surface area contributed by atoms with Gasteiger partial charge in [0.2, 0.25) is 0 Å². The van der Waals surface area contributed by atoms with Crippen LogP contribution in [0, 0.1) is 0 Å². The first-order chi connectivity index (χ1) is 10.1. The lowest BCUT2D eigenvalue weighted by Gasteiger charge is -2.12. The lowest BCUT2D eigenvalue weighted by Crippen LogP contribution is -2.16. The molecule has 0 bridgehead atoms. The molecule has 1 atom stereocenters. The lowest BCUT2D eigenvalue weighted by atomic mass is 10.0. The maximum atomic E-state index is 11.6. The third kappa shape index (κ3) is 4.22. The highest BCUT2D eigenvalue weighted by molar-refractivity contribution is 7.91. The Kier molecular flexibility index (Phi) is 5.65. The summed E-state index contributed by atoms with van der Waals surface area (Å²) in [5, 5.41) is 12.3. The predicted octanol–water partition coefficient (Wildman–Crippen LogP) is 3.51. The second-order valence-corrected chi connectivity index (χ2v) is 6.55. The van der Waals surface area contributed by atoms with E-state index in [1.165, 1.54) is 0 Å². The molecule has 2 rings (SSSR count). The first kappa shape index (κ1) is 15.9. The van der Waals surface area contributed by atoms with E-state index in [1.807, 2.05) is 30.3 Å². The van der Waals surface area contributed by atoms with E-state index < -0.39 is 11.2 Å². The SMILES string of the molecule is CCCCN=C(C[S+](C)[O-])c1cc2ccccc2cc1O. The van der Waals surface area contributed by atoms with Gasteiger partial charge in [-0.2, -0.15) is 0 Å². The van der Waals surface area contributed by atoms with Gasteiger partial charge in [-0.05, 0) is 29.3 Å². The van der Waals surface area contributed by atoms with Gasteiger partial charge in [0.1, 0.15) is 11.5 Å². The number of rotatable bonds is 6. The van der Waals surface area contributed by atoms with Crippen molar-refractivity contribution in [1.82, 2.24) is 0 Å². The molecule has 2 aromatic rings. The van der Waals surface area contributed by atoms with Crippen LogP contribution in [0.15, 0.2) is 41.4 Å². The Hall–Kier alpha value is -1.52. The van der Waals surface area contributed by atoms with Gasteiger partial charge >= 0.3 is 0 Å². The lowest BCUT2D eigenvalue weighted by molar-refractivity contribution is 0.475. The largest absolute Gasteiger partial charge is 0.616 e. The molecule has 0 heterocycles. The van der Waals surface area contributed by atoms with E-state index in [4.69, 9.17) is 0 Å². The van der Waals surface area contributed by atoms with Crippen molar-refractivity contribution in [2.24, 2.45) is 4.99 Å². The Labute approximate surface area is 128 Å². The number of fused-ring (bicyclic) bond motifs is 1. The molecule has 4 heteroatoms. The Morgan fingerprint density at radius 1 is 1.24 bits per heavy atom. The fourth-order valence-electron chi connectivity index (χ4n) is 2.23. The number of aromatic hydroxyl groups is 1. The van der Waals surface area contributed by atoms with Gasteiger partial charge in [-0.3, -0.25) is 4.99 Å². The molecule has 0 spiro atoms. The summed E-state index contributed by atoms with van der Waals surface area (Å²) >= 11 is -0.985. The summed E-state index contributed by atoms with van der Waals surface area (Å²) in [7, 11) is 0. The maximum Gasteiger partial charge on any atom is 0.147 e. The molecule has 0 amide bonds. The van der Waals surface area contributed by atoms with Crippen LogP contribution in [0.1, 0.15) is 25.3 Å². The first-order valence-corrected chi connectivity index (χ1v) is 8.90. The van der Waals surface area contributed by atoms with E-state index in [2.05, 4.69) is 11.9 Å². The van der Waals surface area contributed by atoms with Crippen molar-refractivity contribution in [3.05, 3.63) is 42.0 Å². The van der Waals surface area contributed by atoms with Crippen molar-refractivity contribution in [3.8, 4) is 5.75 Å². The van der Waals surface area contributed by atoms with E-state index in [0.717, 1.165) is 29.3 Å². The van der Waals surface area contributed by atoms with Gasteiger partial charge in [0.05, 0.1) is 12.0 Å². The van der Waals surface area contributed by atoms with E-state index in [1.54, 1.807) is 12.3 Å². The minimum atomic E-state index is -0.985. The predicted molar refractivity (Wildman–Crippen MR) is 90.9 cm³/mol. The Morgan fingerprint density at radius 3 is 2.52 bits per heavy atom. The van der Waals surface area contributed by atoms with Crippen molar-refractivity contribution in [2.45, 2.75) is 19.8 Å². The summed E-state index contributed by atoms with van der Waals surface area (Å²) in [4.78, 5) is 4.56. The van der Waals surface area contributed by atoms with Crippen molar-refractivity contribution in [1.29, 1.82) is 0 Å². The molecular weight excluding hydrogens is 282 g/mol. The fraction of sp³-hybridized carbons (Fsp3) is 0.353. The number of nitrogens with zero attached hydrogens (tertiary/aromatic N) is 1.